The topological polar surface area (TPSA) is 128 Å². The van der Waals surface area contributed by atoms with Crippen molar-refractivity contribution in [2.75, 3.05) is 6.61 Å². The lowest BCUT2D eigenvalue weighted by atomic mass is 9.94. The van der Waals surface area contributed by atoms with Crippen LogP contribution in [-0.4, -0.2) is 63.4 Å². The molecule has 0 aliphatic heterocycles. The maximum absolute atomic E-state index is 13.8. The van der Waals surface area contributed by atoms with Crippen LogP contribution in [0, 0.1) is 5.92 Å². The predicted molar refractivity (Wildman–Crippen MR) is 131 cm³/mol. The van der Waals surface area contributed by atoms with Crippen molar-refractivity contribution in [1.82, 2.24) is 15.5 Å². The minimum atomic E-state index is -1.30. The van der Waals surface area contributed by atoms with Crippen LogP contribution in [0.25, 0.3) is 0 Å². The maximum Gasteiger partial charge on any atom is 0.408 e. The summed E-state index contributed by atoms with van der Waals surface area (Å²) in [6, 6.07) is 3.81. The molecule has 0 heterocycles. The van der Waals surface area contributed by atoms with Gasteiger partial charge in [-0.15, -0.1) is 0 Å². The Morgan fingerprint density at radius 3 is 2.31 bits per heavy atom. The Bertz CT molecular complexity index is 909. The average molecular weight is 490 g/mol. The number of phenolic OH excluding ortho intramolecular Hbond substituents is 1. The van der Waals surface area contributed by atoms with E-state index in [1.165, 1.54) is 11.0 Å². The molecule has 0 spiro atoms. The van der Waals surface area contributed by atoms with Gasteiger partial charge >= 0.3 is 6.09 Å². The minimum absolute atomic E-state index is 0.00621. The third-order valence-electron chi connectivity index (χ3n) is 6.56. The molecule has 4 N–H and O–H groups in total. The molecule has 1 aromatic rings. The lowest BCUT2D eigenvalue weighted by molar-refractivity contribution is -0.144. The number of aromatic hydroxyl groups is 1. The van der Waals surface area contributed by atoms with E-state index >= 15 is 0 Å². The maximum atomic E-state index is 13.8. The molecule has 0 saturated heterocycles. The van der Waals surface area contributed by atoms with Gasteiger partial charge in [-0.3, -0.25) is 9.59 Å². The number of carbonyl (C=O) groups excluding carboxylic acids is 3. The Hall–Kier alpha value is -2.81. The molecule has 9 nitrogen and oxygen atoms in total. The number of benzene rings is 1. The Morgan fingerprint density at radius 2 is 1.77 bits per heavy atom. The zero-order valence-corrected chi connectivity index (χ0v) is 21.1. The zero-order valence-electron chi connectivity index (χ0n) is 21.1. The van der Waals surface area contributed by atoms with Gasteiger partial charge in [0, 0.05) is 17.6 Å². The number of para-hydroxylation sites is 1. The van der Waals surface area contributed by atoms with Crippen LogP contribution in [-0.2, 0) is 14.3 Å². The standard InChI is InChI=1S/C26H39N3O6/c1-16-14-20(16)29(24(33)19(15-30)28-25(34)35-26(2,3)4)22(18-12-8-9-13-21(18)31)23(32)27-17-10-6-5-7-11-17/h8-9,12-13,16-17,19-20,22,30-31H,5-7,10-11,14-15H2,1-4H3,(H,27,32)(H,28,34). The first-order chi connectivity index (χ1) is 16.5. The Morgan fingerprint density at radius 1 is 1.14 bits per heavy atom. The molecule has 3 rings (SSSR count). The van der Waals surface area contributed by atoms with Gasteiger partial charge in [0.2, 0.25) is 11.8 Å². The van der Waals surface area contributed by atoms with Gasteiger partial charge in [-0.1, -0.05) is 44.4 Å². The van der Waals surface area contributed by atoms with Crippen molar-refractivity contribution in [2.45, 2.75) is 96.0 Å². The van der Waals surface area contributed by atoms with Crippen LogP contribution < -0.4 is 10.6 Å². The fourth-order valence-electron chi connectivity index (χ4n) is 4.65. The Kier molecular flexibility index (Phi) is 8.64. The fraction of sp³-hybridized carbons (Fsp3) is 0.654. The van der Waals surface area contributed by atoms with E-state index in [1.54, 1.807) is 39.0 Å². The van der Waals surface area contributed by atoms with Gasteiger partial charge < -0.3 is 30.5 Å². The van der Waals surface area contributed by atoms with Gasteiger partial charge in [0.15, 0.2) is 0 Å². The van der Waals surface area contributed by atoms with Gasteiger partial charge in [-0.2, -0.15) is 0 Å². The average Bonchev–Trinajstić information content (AvgIpc) is 3.51. The van der Waals surface area contributed by atoms with E-state index in [-0.39, 0.29) is 29.7 Å². The molecule has 2 saturated carbocycles. The first kappa shape index (κ1) is 26.8. The summed E-state index contributed by atoms with van der Waals surface area (Å²) < 4.78 is 5.26. The number of phenols is 1. The molecule has 0 radical (unpaired) electrons. The van der Waals surface area contributed by atoms with Crippen LogP contribution in [0.3, 0.4) is 0 Å². The summed E-state index contributed by atoms with van der Waals surface area (Å²) in [5, 5.41) is 26.2. The summed E-state index contributed by atoms with van der Waals surface area (Å²) in [6.07, 6.45) is 4.77. The van der Waals surface area contributed by atoms with E-state index in [0.29, 0.717) is 12.0 Å². The summed E-state index contributed by atoms with van der Waals surface area (Å²) in [5.74, 6) is -0.932. The van der Waals surface area contributed by atoms with Gasteiger partial charge in [-0.05, 0) is 52.0 Å². The largest absolute Gasteiger partial charge is 0.508 e. The van der Waals surface area contributed by atoms with E-state index in [4.69, 9.17) is 4.74 Å². The van der Waals surface area contributed by atoms with Crippen LogP contribution in [0.1, 0.15) is 77.8 Å². The highest BCUT2D eigenvalue weighted by atomic mass is 16.6. The molecule has 2 aliphatic rings. The van der Waals surface area contributed by atoms with Crippen LogP contribution in [0.5, 0.6) is 5.75 Å². The lowest BCUT2D eigenvalue weighted by Gasteiger charge is -2.36. The number of rotatable bonds is 8. The molecule has 1 aromatic carbocycles. The number of aliphatic hydroxyl groups is 1. The minimum Gasteiger partial charge on any atom is -0.508 e. The summed E-state index contributed by atoms with van der Waals surface area (Å²) >= 11 is 0. The summed E-state index contributed by atoms with van der Waals surface area (Å²) in [6.45, 7) is 6.41. The van der Waals surface area contributed by atoms with Crippen LogP contribution in [0.2, 0.25) is 0 Å². The third kappa shape index (κ3) is 7.10. The predicted octanol–water partition coefficient (Wildman–Crippen LogP) is 3.00. The van der Waals surface area contributed by atoms with Crippen molar-refractivity contribution in [3.05, 3.63) is 29.8 Å². The number of nitrogens with one attached hydrogen (secondary N) is 2. The van der Waals surface area contributed by atoms with Crippen molar-refractivity contribution in [3.8, 4) is 5.75 Å². The Balaban J connectivity index is 1.92. The van der Waals surface area contributed by atoms with Crippen LogP contribution >= 0.6 is 0 Å². The van der Waals surface area contributed by atoms with E-state index in [2.05, 4.69) is 10.6 Å². The number of hydrogen-bond acceptors (Lipinski definition) is 6. The quantitative estimate of drug-likeness (QED) is 0.444. The van der Waals surface area contributed by atoms with Crippen molar-refractivity contribution >= 4 is 17.9 Å². The molecule has 194 valence electrons. The third-order valence-corrected chi connectivity index (χ3v) is 6.56. The molecular weight excluding hydrogens is 450 g/mol. The van der Waals surface area contributed by atoms with E-state index in [0.717, 1.165) is 32.1 Å². The van der Waals surface area contributed by atoms with Gasteiger partial charge in [-0.25, -0.2) is 4.79 Å². The number of amides is 3. The SMILES string of the molecule is CC1CC1N(C(=O)C(CO)NC(=O)OC(C)(C)C)C(C(=O)NC1CCCCC1)c1ccccc1O. The van der Waals surface area contributed by atoms with Crippen molar-refractivity contribution in [2.24, 2.45) is 5.92 Å². The molecule has 0 aromatic heterocycles. The Labute approximate surface area is 207 Å². The number of carbonyl (C=O) groups is 3. The molecule has 0 bridgehead atoms. The molecule has 2 aliphatic carbocycles. The normalized spacial score (nSPS) is 22.0. The first-order valence-corrected chi connectivity index (χ1v) is 12.5. The van der Waals surface area contributed by atoms with Gasteiger partial charge in [0.05, 0.1) is 6.61 Å². The number of alkyl carbamates (subject to hydrolysis) is 1. The second-order valence-corrected chi connectivity index (χ2v) is 10.7. The molecule has 9 heteroatoms. The number of aliphatic hydroxyl groups excluding tert-OH is 1. The van der Waals surface area contributed by atoms with Crippen LogP contribution in [0.4, 0.5) is 4.79 Å². The smallest absolute Gasteiger partial charge is 0.408 e. The second-order valence-electron chi connectivity index (χ2n) is 10.7. The zero-order chi connectivity index (χ0) is 25.8. The monoisotopic (exact) mass is 489 g/mol. The van der Waals surface area contributed by atoms with Crippen molar-refractivity contribution < 1.29 is 29.3 Å². The lowest BCUT2D eigenvalue weighted by Crippen LogP contribution is -2.56. The molecule has 4 unspecified atom stereocenters. The van der Waals surface area contributed by atoms with Crippen molar-refractivity contribution in [3.63, 3.8) is 0 Å². The first-order valence-electron chi connectivity index (χ1n) is 12.5. The highest BCUT2D eigenvalue weighted by Crippen LogP contribution is 2.42. The van der Waals surface area contributed by atoms with E-state index < -0.39 is 36.3 Å². The number of nitrogens with zero attached hydrogens (tertiary/aromatic N) is 1. The molecule has 4 atom stereocenters. The highest BCUT2D eigenvalue weighted by Gasteiger charge is 2.49. The number of hydrogen-bond donors (Lipinski definition) is 4. The molecular formula is C26H39N3O6. The van der Waals surface area contributed by atoms with E-state index in [1.807, 2.05) is 6.92 Å². The molecule has 2 fully saturated rings. The summed E-state index contributed by atoms with van der Waals surface area (Å²) in [4.78, 5) is 41.2. The van der Waals surface area contributed by atoms with Crippen molar-refractivity contribution in [1.29, 1.82) is 0 Å². The fourth-order valence-corrected chi connectivity index (χ4v) is 4.65. The highest BCUT2D eigenvalue weighted by molar-refractivity contribution is 5.93. The van der Waals surface area contributed by atoms with Gasteiger partial charge in [0.25, 0.3) is 0 Å². The van der Waals surface area contributed by atoms with Gasteiger partial charge in [0.1, 0.15) is 23.4 Å². The molecule has 35 heavy (non-hydrogen) atoms. The van der Waals surface area contributed by atoms with E-state index in [9.17, 15) is 24.6 Å². The molecule has 3 amide bonds. The summed E-state index contributed by atoms with van der Waals surface area (Å²) in [7, 11) is 0. The number of ether oxygens (including phenoxy) is 1. The van der Waals surface area contributed by atoms with Crippen LogP contribution in [0.15, 0.2) is 24.3 Å². The summed E-state index contributed by atoms with van der Waals surface area (Å²) in [5.41, 5.74) is -0.474. The second kappa shape index (κ2) is 11.3.